The van der Waals surface area contributed by atoms with Crippen molar-refractivity contribution in [2.24, 2.45) is 0 Å². The molecule has 1 aliphatic rings. The van der Waals surface area contributed by atoms with Crippen LogP contribution in [0.3, 0.4) is 0 Å². The third-order valence-electron chi connectivity index (χ3n) is 4.11. The van der Waals surface area contributed by atoms with Crippen LogP contribution in [0.1, 0.15) is 31.7 Å². The largest absolute Gasteiger partial charge is 0.326 e. The Morgan fingerprint density at radius 3 is 2.83 bits per heavy atom. The highest BCUT2D eigenvalue weighted by Gasteiger charge is 2.33. The lowest BCUT2D eigenvalue weighted by Gasteiger charge is -2.35. The molecule has 0 saturated carbocycles. The van der Waals surface area contributed by atoms with E-state index in [1.54, 1.807) is 34.8 Å². The zero-order valence-corrected chi connectivity index (χ0v) is 13.9. The molecule has 0 fully saturated rings. The number of hydrogen-bond acceptors (Lipinski definition) is 3. The summed E-state index contributed by atoms with van der Waals surface area (Å²) in [6.07, 6.45) is 0.857. The molecule has 1 amide bonds. The fourth-order valence-electron chi connectivity index (χ4n) is 3.08. The summed E-state index contributed by atoms with van der Waals surface area (Å²) in [5.74, 6) is -0.489. The predicted molar refractivity (Wildman–Crippen MR) is 91.6 cm³/mol. The molecule has 0 bridgehead atoms. The molecule has 1 atom stereocenters. The van der Waals surface area contributed by atoms with Gasteiger partial charge in [-0.15, -0.1) is 22.7 Å². The number of fused-ring (bicyclic) bond motifs is 1. The van der Waals surface area contributed by atoms with E-state index < -0.39 is 0 Å². The summed E-state index contributed by atoms with van der Waals surface area (Å²) in [7, 11) is 0. The molecule has 3 aromatic rings. The summed E-state index contributed by atoms with van der Waals surface area (Å²) in [4.78, 5) is 17.3. The Balaban J connectivity index is 1.77. The summed E-state index contributed by atoms with van der Waals surface area (Å²) in [6, 6.07) is 12.1. The summed E-state index contributed by atoms with van der Waals surface area (Å²) in [6.45, 7) is 0.658. The maximum Gasteiger partial charge on any atom is 0.254 e. The average Bonchev–Trinajstić information content (AvgIpc) is 3.24. The Bertz CT molecular complexity index is 840. The quantitative estimate of drug-likeness (QED) is 0.658. The third kappa shape index (κ3) is 2.60. The van der Waals surface area contributed by atoms with E-state index in [0.717, 1.165) is 11.3 Å². The maximum absolute atomic E-state index is 13.5. The highest BCUT2D eigenvalue weighted by Crippen LogP contribution is 2.40. The van der Waals surface area contributed by atoms with Crippen molar-refractivity contribution < 1.29 is 9.18 Å². The van der Waals surface area contributed by atoms with Gasteiger partial charge in [-0.2, -0.15) is 0 Å². The van der Waals surface area contributed by atoms with Crippen LogP contribution in [0.2, 0.25) is 0 Å². The molecule has 0 aliphatic carbocycles. The van der Waals surface area contributed by atoms with Crippen molar-refractivity contribution in [3.05, 3.63) is 79.9 Å². The maximum atomic E-state index is 13.5. The van der Waals surface area contributed by atoms with Crippen LogP contribution in [-0.2, 0) is 6.42 Å². The van der Waals surface area contributed by atoms with Gasteiger partial charge in [-0.3, -0.25) is 4.79 Å². The number of halogens is 1. The number of nitrogens with zero attached hydrogens (tertiary/aromatic N) is 1. The predicted octanol–water partition coefficient (Wildman–Crippen LogP) is 4.74. The smallest absolute Gasteiger partial charge is 0.254 e. The van der Waals surface area contributed by atoms with E-state index in [1.807, 2.05) is 16.3 Å². The van der Waals surface area contributed by atoms with Gasteiger partial charge in [0.1, 0.15) is 5.82 Å². The highest BCUT2D eigenvalue weighted by atomic mass is 32.1. The lowest BCUT2D eigenvalue weighted by atomic mass is 9.97. The molecule has 5 heteroatoms. The zero-order valence-electron chi connectivity index (χ0n) is 12.2. The van der Waals surface area contributed by atoms with Crippen LogP contribution < -0.4 is 0 Å². The van der Waals surface area contributed by atoms with Crippen molar-refractivity contribution in [3.8, 4) is 0 Å². The van der Waals surface area contributed by atoms with E-state index in [4.69, 9.17) is 0 Å². The fourth-order valence-corrected chi connectivity index (χ4v) is 4.83. The van der Waals surface area contributed by atoms with Crippen LogP contribution in [0, 0.1) is 5.82 Å². The second-order valence-corrected chi connectivity index (χ2v) is 7.46. The summed E-state index contributed by atoms with van der Waals surface area (Å²) < 4.78 is 13.5. The van der Waals surface area contributed by atoms with Crippen LogP contribution in [0.25, 0.3) is 0 Å². The number of carbonyl (C=O) groups excluding carboxylic acids is 1. The van der Waals surface area contributed by atoms with Crippen LogP contribution in [0.5, 0.6) is 0 Å². The number of benzene rings is 1. The first kappa shape index (κ1) is 14.6. The normalized spacial score (nSPS) is 17.1. The van der Waals surface area contributed by atoms with Gasteiger partial charge in [0.05, 0.1) is 6.04 Å². The van der Waals surface area contributed by atoms with E-state index >= 15 is 0 Å². The van der Waals surface area contributed by atoms with E-state index in [0.29, 0.717) is 12.1 Å². The van der Waals surface area contributed by atoms with Crippen molar-refractivity contribution >= 4 is 28.6 Å². The van der Waals surface area contributed by atoms with Gasteiger partial charge < -0.3 is 4.90 Å². The monoisotopic (exact) mass is 343 g/mol. The number of rotatable bonds is 2. The molecule has 1 aromatic carbocycles. The summed E-state index contributed by atoms with van der Waals surface area (Å²) >= 11 is 3.40. The summed E-state index contributed by atoms with van der Waals surface area (Å²) in [5.41, 5.74) is 1.61. The zero-order chi connectivity index (χ0) is 15.8. The van der Waals surface area contributed by atoms with Gasteiger partial charge in [0.15, 0.2) is 0 Å². The van der Waals surface area contributed by atoms with Crippen LogP contribution in [-0.4, -0.2) is 17.4 Å². The first-order valence-electron chi connectivity index (χ1n) is 7.40. The van der Waals surface area contributed by atoms with E-state index in [2.05, 4.69) is 17.5 Å². The Kier molecular flexibility index (Phi) is 3.75. The van der Waals surface area contributed by atoms with Gasteiger partial charge in [-0.05, 0) is 53.1 Å². The molecule has 2 nitrogen and oxygen atoms in total. The minimum atomic E-state index is -0.378. The van der Waals surface area contributed by atoms with Gasteiger partial charge in [0, 0.05) is 21.9 Å². The van der Waals surface area contributed by atoms with E-state index in [1.165, 1.54) is 22.6 Å². The molecule has 4 rings (SSSR count). The van der Waals surface area contributed by atoms with Crippen molar-refractivity contribution in [1.29, 1.82) is 0 Å². The van der Waals surface area contributed by atoms with Crippen molar-refractivity contribution in [1.82, 2.24) is 4.90 Å². The molecule has 116 valence electrons. The van der Waals surface area contributed by atoms with Gasteiger partial charge in [0.25, 0.3) is 5.91 Å². The average molecular weight is 343 g/mol. The van der Waals surface area contributed by atoms with Gasteiger partial charge in [-0.1, -0.05) is 12.1 Å². The Morgan fingerprint density at radius 1 is 1.13 bits per heavy atom. The molecule has 0 saturated heterocycles. The minimum absolute atomic E-state index is 0.0687. The second kappa shape index (κ2) is 5.91. The first-order valence-corrected chi connectivity index (χ1v) is 9.16. The minimum Gasteiger partial charge on any atom is -0.326 e. The molecule has 0 N–H and O–H groups in total. The van der Waals surface area contributed by atoms with Crippen LogP contribution in [0.4, 0.5) is 4.39 Å². The van der Waals surface area contributed by atoms with Crippen molar-refractivity contribution in [3.63, 3.8) is 0 Å². The molecule has 1 unspecified atom stereocenters. The first-order chi connectivity index (χ1) is 11.2. The number of amides is 1. The lowest BCUT2D eigenvalue weighted by molar-refractivity contribution is 0.0698. The molecule has 1 aliphatic heterocycles. The topological polar surface area (TPSA) is 20.3 Å². The SMILES string of the molecule is O=C(c1cccc(F)c1)N1CCc2sccc2C1c1cccs1. The van der Waals surface area contributed by atoms with Gasteiger partial charge in [-0.25, -0.2) is 4.39 Å². The number of thiophene rings is 2. The molecule has 0 radical (unpaired) electrons. The van der Waals surface area contributed by atoms with E-state index in [9.17, 15) is 9.18 Å². The molecule has 2 aromatic heterocycles. The lowest BCUT2D eigenvalue weighted by Crippen LogP contribution is -2.39. The number of hydrogen-bond donors (Lipinski definition) is 0. The molecule has 23 heavy (non-hydrogen) atoms. The molecular weight excluding hydrogens is 329 g/mol. The third-order valence-corrected chi connectivity index (χ3v) is 6.03. The molecular formula is C18H14FNOS2. The molecule has 0 spiro atoms. The Morgan fingerprint density at radius 2 is 2.04 bits per heavy atom. The Hall–Kier alpha value is -1.98. The fraction of sp³-hybridized carbons (Fsp3) is 0.167. The van der Waals surface area contributed by atoms with Crippen molar-refractivity contribution in [2.45, 2.75) is 12.5 Å². The molecule has 3 heterocycles. The van der Waals surface area contributed by atoms with Crippen molar-refractivity contribution in [2.75, 3.05) is 6.54 Å². The van der Waals surface area contributed by atoms with Gasteiger partial charge in [0.2, 0.25) is 0 Å². The van der Waals surface area contributed by atoms with Gasteiger partial charge >= 0.3 is 0 Å². The summed E-state index contributed by atoms with van der Waals surface area (Å²) in [5, 5.41) is 4.11. The standard InChI is InChI=1S/C18H14FNOS2/c19-13-4-1-3-12(11-13)18(21)20-8-6-15-14(7-10-23-15)17(20)16-5-2-9-22-16/h1-5,7,9-11,17H,6,8H2. The van der Waals surface area contributed by atoms with Crippen LogP contribution in [0.15, 0.2) is 53.2 Å². The Labute approximate surface area is 141 Å². The number of carbonyl (C=O) groups is 1. The highest BCUT2D eigenvalue weighted by molar-refractivity contribution is 7.10. The van der Waals surface area contributed by atoms with Crippen LogP contribution >= 0.6 is 22.7 Å². The van der Waals surface area contributed by atoms with E-state index in [-0.39, 0.29) is 17.8 Å². The second-order valence-electron chi connectivity index (χ2n) is 5.48.